The Morgan fingerprint density at radius 1 is 1.26 bits per heavy atom. The van der Waals surface area contributed by atoms with Crippen LogP contribution in [0.2, 0.25) is 0 Å². The van der Waals surface area contributed by atoms with E-state index in [9.17, 15) is 0 Å². The molecule has 100 valence electrons. The predicted octanol–water partition coefficient (Wildman–Crippen LogP) is 3.06. The van der Waals surface area contributed by atoms with Gasteiger partial charge in [0.15, 0.2) is 0 Å². The van der Waals surface area contributed by atoms with Gasteiger partial charge in [0.25, 0.3) is 0 Å². The average Bonchev–Trinajstić information content (AvgIpc) is 2.39. The predicted molar refractivity (Wildman–Crippen MR) is 81.9 cm³/mol. The number of benzene rings is 1. The van der Waals surface area contributed by atoms with Gasteiger partial charge in [-0.1, -0.05) is 28.1 Å². The van der Waals surface area contributed by atoms with Gasteiger partial charge in [0.05, 0.1) is 5.69 Å². The summed E-state index contributed by atoms with van der Waals surface area (Å²) in [5, 5.41) is 11.6. The smallest absolute Gasteiger partial charge is 0.148 e. The van der Waals surface area contributed by atoms with Crippen LogP contribution in [0.15, 0.2) is 40.9 Å². The molecular formula is C14H17BrN4. The number of aromatic nitrogens is 2. The van der Waals surface area contributed by atoms with Crippen LogP contribution < -0.4 is 11.1 Å². The highest BCUT2D eigenvalue weighted by Crippen LogP contribution is 2.21. The lowest BCUT2D eigenvalue weighted by atomic mass is 10.1. The standard InChI is InChI=1S/C14H17BrN4/c1-10(16)7-8-17-14-6-5-13(18-19-14)11-3-2-4-12(15)9-11/h2-6,9-10H,7-8,16H2,1H3,(H,17,19). The van der Waals surface area contributed by atoms with Crippen molar-refractivity contribution in [3.8, 4) is 11.3 Å². The van der Waals surface area contributed by atoms with Crippen LogP contribution in [0.25, 0.3) is 11.3 Å². The first-order valence-electron chi connectivity index (χ1n) is 6.24. The zero-order valence-electron chi connectivity index (χ0n) is 10.8. The number of nitrogens with one attached hydrogen (secondary N) is 1. The third-order valence-electron chi connectivity index (χ3n) is 2.69. The minimum absolute atomic E-state index is 0.196. The van der Waals surface area contributed by atoms with E-state index in [1.807, 2.05) is 43.3 Å². The molecule has 1 aromatic heterocycles. The molecule has 19 heavy (non-hydrogen) atoms. The molecule has 0 aliphatic rings. The molecule has 0 saturated carbocycles. The van der Waals surface area contributed by atoms with Crippen molar-refractivity contribution in [1.82, 2.24) is 10.2 Å². The third-order valence-corrected chi connectivity index (χ3v) is 3.18. The van der Waals surface area contributed by atoms with Gasteiger partial charge in [-0.3, -0.25) is 0 Å². The first-order chi connectivity index (χ1) is 9.15. The molecule has 0 saturated heterocycles. The number of rotatable bonds is 5. The van der Waals surface area contributed by atoms with Gasteiger partial charge < -0.3 is 11.1 Å². The molecule has 2 aromatic rings. The van der Waals surface area contributed by atoms with Crippen LogP contribution in [0.5, 0.6) is 0 Å². The minimum atomic E-state index is 0.196. The van der Waals surface area contributed by atoms with Gasteiger partial charge in [0.1, 0.15) is 5.82 Å². The summed E-state index contributed by atoms with van der Waals surface area (Å²) in [5.74, 6) is 0.777. The molecule has 0 spiro atoms. The lowest BCUT2D eigenvalue weighted by molar-refractivity contribution is 0.688. The fourth-order valence-corrected chi connectivity index (χ4v) is 2.06. The highest BCUT2D eigenvalue weighted by atomic mass is 79.9. The monoisotopic (exact) mass is 320 g/mol. The lowest BCUT2D eigenvalue weighted by Gasteiger charge is -2.07. The molecule has 0 radical (unpaired) electrons. The molecule has 0 amide bonds. The number of nitrogens with zero attached hydrogens (tertiary/aromatic N) is 2. The van der Waals surface area contributed by atoms with Crippen molar-refractivity contribution in [2.24, 2.45) is 5.73 Å². The highest BCUT2D eigenvalue weighted by Gasteiger charge is 2.02. The molecule has 0 fully saturated rings. The third kappa shape index (κ3) is 4.29. The zero-order chi connectivity index (χ0) is 13.7. The van der Waals surface area contributed by atoms with Crippen LogP contribution >= 0.6 is 15.9 Å². The van der Waals surface area contributed by atoms with Crippen molar-refractivity contribution in [3.63, 3.8) is 0 Å². The number of hydrogen-bond acceptors (Lipinski definition) is 4. The van der Waals surface area contributed by atoms with Gasteiger partial charge in [-0.15, -0.1) is 10.2 Å². The van der Waals surface area contributed by atoms with Gasteiger partial charge in [-0.2, -0.15) is 0 Å². The van der Waals surface area contributed by atoms with Crippen molar-refractivity contribution < 1.29 is 0 Å². The second-order valence-electron chi connectivity index (χ2n) is 4.51. The van der Waals surface area contributed by atoms with Gasteiger partial charge in [-0.05, 0) is 37.6 Å². The maximum atomic E-state index is 5.69. The van der Waals surface area contributed by atoms with Gasteiger partial charge in [0, 0.05) is 22.6 Å². The van der Waals surface area contributed by atoms with E-state index in [0.717, 1.165) is 34.5 Å². The molecule has 1 unspecified atom stereocenters. The Morgan fingerprint density at radius 3 is 2.74 bits per heavy atom. The SMILES string of the molecule is CC(N)CCNc1ccc(-c2cccc(Br)c2)nn1. The molecule has 2 rings (SSSR count). The van der Waals surface area contributed by atoms with Gasteiger partial charge in [-0.25, -0.2) is 0 Å². The van der Waals surface area contributed by atoms with Crippen molar-refractivity contribution in [3.05, 3.63) is 40.9 Å². The van der Waals surface area contributed by atoms with Crippen LogP contribution in [-0.4, -0.2) is 22.8 Å². The number of halogens is 1. The summed E-state index contributed by atoms with van der Waals surface area (Å²) in [7, 11) is 0. The van der Waals surface area contributed by atoms with Crippen molar-refractivity contribution in [1.29, 1.82) is 0 Å². The topological polar surface area (TPSA) is 63.8 Å². The maximum Gasteiger partial charge on any atom is 0.148 e. The number of nitrogens with two attached hydrogens (primary N) is 1. The molecule has 0 bridgehead atoms. The van der Waals surface area contributed by atoms with E-state index in [1.54, 1.807) is 0 Å². The molecular weight excluding hydrogens is 304 g/mol. The van der Waals surface area contributed by atoms with Gasteiger partial charge >= 0.3 is 0 Å². The van der Waals surface area contributed by atoms with Crippen molar-refractivity contribution in [2.75, 3.05) is 11.9 Å². The molecule has 0 aliphatic carbocycles. The second kappa shape index (κ2) is 6.63. The summed E-state index contributed by atoms with van der Waals surface area (Å²) < 4.78 is 1.03. The highest BCUT2D eigenvalue weighted by molar-refractivity contribution is 9.10. The van der Waals surface area contributed by atoms with E-state index in [1.165, 1.54) is 0 Å². The first kappa shape index (κ1) is 14.0. The fourth-order valence-electron chi connectivity index (χ4n) is 1.66. The summed E-state index contributed by atoms with van der Waals surface area (Å²) in [4.78, 5) is 0. The largest absolute Gasteiger partial charge is 0.369 e. The van der Waals surface area contributed by atoms with E-state index in [-0.39, 0.29) is 6.04 Å². The lowest BCUT2D eigenvalue weighted by Crippen LogP contribution is -2.19. The van der Waals surface area contributed by atoms with E-state index < -0.39 is 0 Å². The van der Waals surface area contributed by atoms with Crippen LogP contribution in [0.4, 0.5) is 5.82 Å². The maximum absolute atomic E-state index is 5.69. The fraction of sp³-hybridized carbons (Fsp3) is 0.286. The van der Waals surface area contributed by atoms with Crippen LogP contribution in [0.3, 0.4) is 0 Å². The summed E-state index contributed by atoms with van der Waals surface area (Å²) in [6, 6.07) is 12.1. The summed E-state index contributed by atoms with van der Waals surface area (Å²) in [6.45, 7) is 2.80. The van der Waals surface area contributed by atoms with Gasteiger partial charge in [0.2, 0.25) is 0 Å². The van der Waals surface area contributed by atoms with E-state index >= 15 is 0 Å². The van der Waals surface area contributed by atoms with Crippen LogP contribution in [0.1, 0.15) is 13.3 Å². The van der Waals surface area contributed by atoms with Crippen molar-refractivity contribution in [2.45, 2.75) is 19.4 Å². The number of anilines is 1. The normalized spacial score (nSPS) is 12.2. The van der Waals surface area contributed by atoms with Crippen LogP contribution in [0, 0.1) is 0 Å². The molecule has 5 heteroatoms. The molecule has 4 nitrogen and oxygen atoms in total. The first-order valence-corrected chi connectivity index (χ1v) is 7.03. The molecule has 1 aromatic carbocycles. The Labute approximate surface area is 121 Å². The van der Waals surface area contributed by atoms with Crippen molar-refractivity contribution >= 4 is 21.7 Å². The Balaban J connectivity index is 2.02. The Bertz CT molecular complexity index is 525. The molecule has 1 heterocycles. The molecule has 1 atom stereocenters. The average molecular weight is 321 g/mol. The molecule has 3 N–H and O–H groups in total. The minimum Gasteiger partial charge on any atom is -0.369 e. The second-order valence-corrected chi connectivity index (χ2v) is 5.42. The summed E-state index contributed by atoms with van der Waals surface area (Å²) >= 11 is 3.45. The van der Waals surface area contributed by atoms with E-state index in [0.29, 0.717) is 0 Å². The Kier molecular flexibility index (Phi) is 4.87. The summed E-state index contributed by atoms with van der Waals surface area (Å²) in [6.07, 6.45) is 0.912. The Morgan fingerprint density at radius 2 is 2.11 bits per heavy atom. The zero-order valence-corrected chi connectivity index (χ0v) is 12.4. The number of hydrogen-bond donors (Lipinski definition) is 2. The van der Waals surface area contributed by atoms with Crippen LogP contribution in [-0.2, 0) is 0 Å². The van der Waals surface area contributed by atoms with E-state index in [4.69, 9.17) is 5.73 Å². The molecule has 0 aliphatic heterocycles. The summed E-state index contributed by atoms with van der Waals surface area (Å²) in [5.41, 5.74) is 7.60. The Hall–Kier alpha value is -1.46. The van der Waals surface area contributed by atoms with E-state index in [2.05, 4.69) is 31.4 Å². The quantitative estimate of drug-likeness (QED) is 0.888.